The lowest BCUT2D eigenvalue weighted by molar-refractivity contribution is -0.730. The summed E-state index contributed by atoms with van der Waals surface area (Å²) in [4.78, 5) is 0. The third-order valence-electron chi connectivity index (χ3n) is 1.12. The first-order chi connectivity index (χ1) is 4.74. The fourth-order valence-electron chi connectivity index (χ4n) is 0.734. The Balaban J connectivity index is 2.91. The predicted molar refractivity (Wildman–Crippen MR) is 39.2 cm³/mol. The molecule has 1 heterocycles. The molecule has 1 aromatic rings. The van der Waals surface area contributed by atoms with Gasteiger partial charge in [-0.2, -0.15) is 0 Å². The summed E-state index contributed by atoms with van der Waals surface area (Å²) in [5, 5.41) is 4.58. The molecule has 0 aromatic carbocycles. The monoisotopic (exact) mass is 155 g/mol. The second kappa shape index (κ2) is 2.79. The van der Waals surface area contributed by atoms with Crippen molar-refractivity contribution in [2.75, 3.05) is 0 Å². The number of aryl methyl sites for hydroxylation is 1. The van der Waals surface area contributed by atoms with Crippen LogP contribution in [-0.4, -0.2) is 9.67 Å². The highest BCUT2D eigenvalue weighted by Crippen LogP contribution is 1.89. The van der Waals surface area contributed by atoms with Crippen LogP contribution in [-0.2, 0) is 26.2 Å². The number of allylic oxidation sites excluding steroid dienone is 1. The molecule has 0 N–H and O–H groups in total. The first-order valence-corrected chi connectivity index (χ1v) is 3.36. The summed E-state index contributed by atoms with van der Waals surface area (Å²) < 4.78 is 3.54. The van der Waals surface area contributed by atoms with Crippen molar-refractivity contribution in [1.29, 1.82) is 0 Å². The van der Waals surface area contributed by atoms with Crippen molar-refractivity contribution in [3.8, 4) is 0 Å². The molecule has 0 aliphatic heterocycles. The summed E-state index contributed by atoms with van der Waals surface area (Å²) in [6.45, 7) is 4.33. The predicted octanol–water partition coefficient (Wildman–Crippen LogP) is -0.201. The highest BCUT2D eigenvalue weighted by molar-refractivity contribution is 7.58. The molecule has 0 fully saturated rings. The topological polar surface area (TPSA) is 21.7 Å². The van der Waals surface area contributed by atoms with E-state index in [1.165, 1.54) is 0 Å². The molecule has 0 aliphatic rings. The van der Waals surface area contributed by atoms with E-state index < -0.39 is 0 Å². The average molecular weight is 155 g/mol. The van der Waals surface area contributed by atoms with E-state index >= 15 is 0 Å². The van der Waals surface area contributed by atoms with Crippen LogP contribution in [0, 0.1) is 0 Å². The summed E-state index contributed by atoms with van der Waals surface area (Å²) in [5.41, 5.74) is 0. The molecule has 1 rings (SSSR count). The molecule has 0 amide bonds. The SMILES string of the molecule is C=CCn1c[n+](C)nc1[S-]. The van der Waals surface area contributed by atoms with Crippen molar-refractivity contribution in [3.63, 3.8) is 0 Å². The van der Waals surface area contributed by atoms with Crippen LogP contribution in [0.4, 0.5) is 0 Å². The van der Waals surface area contributed by atoms with Crippen LogP contribution in [0.3, 0.4) is 0 Å². The smallest absolute Gasteiger partial charge is 0.264 e. The van der Waals surface area contributed by atoms with Gasteiger partial charge in [0.25, 0.3) is 6.33 Å². The molecule has 0 bridgehead atoms. The molecule has 1 aromatic heterocycles. The van der Waals surface area contributed by atoms with Gasteiger partial charge in [0.05, 0.1) is 0 Å². The highest BCUT2D eigenvalue weighted by atomic mass is 32.1. The minimum Gasteiger partial charge on any atom is -0.713 e. The Kier molecular flexibility index (Phi) is 2.01. The average Bonchev–Trinajstić information content (AvgIpc) is 2.13. The zero-order chi connectivity index (χ0) is 7.56. The largest absolute Gasteiger partial charge is 0.713 e. The van der Waals surface area contributed by atoms with Crippen molar-refractivity contribution in [2.24, 2.45) is 7.05 Å². The molecule has 0 aliphatic carbocycles. The summed E-state index contributed by atoms with van der Waals surface area (Å²) >= 11 is 4.92. The van der Waals surface area contributed by atoms with Gasteiger partial charge in [0.2, 0.25) is 0 Å². The molecule has 0 unspecified atom stereocenters. The van der Waals surface area contributed by atoms with Crippen LogP contribution in [0.5, 0.6) is 0 Å². The van der Waals surface area contributed by atoms with Gasteiger partial charge in [0.15, 0.2) is 0 Å². The molecule has 3 nitrogen and oxygen atoms in total. The Labute approximate surface area is 65.4 Å². The highest BCUT2D eigenvalue weighted by Gasteiger charge is 1.98. The van der Waals surface area contributed by atoms with E-state index in [4.69, 9.17) is 12.6 Å². The Morgan fingerprint density at radius 1 is 2.00 bits per heavy atom. The van der Waals surface area contributed by atoms with Gasteiger partial charge in [-0.25, -0.2) is 4.57 Å². The second-order valence-corrected chi connectivity index (χ2v) is 2.38. The first kappa shape index (κ1) is 7.21. The molecule has 0 atom stereocenters. The van der Waals surface area contributed by atoms with E-state index in [9.17, 15) is 0 Å². The first-order valence-electron chi connectivity index (χ1n) is 2.95. The lowest BCUT2D eigenvalue weighted by Gasteiger charge is -1.95. The maximum absolute atomic E-state index is 4.92. The minimum atomic E-state index is 0.599. The van der Waals surface area contributed by atoms with Crippen molar-refractivity contribution in [3.05, 3.63) is 19.0 Å². The normalized spacial score (nSPS) is 9.70. The van der Waals surface area contributed by atoms with E-state index in [0.717, 1.165) is 6.54 Å². The lowest BCUT2D eigenvalue weighted by Crippen LogP contribution is -2.28. The van der Waals surface area contributed by atoms with E-state index in [0.29, 0.717) is 5.16 Å². The van der Waals surface area contributed by atoms with Crippen molar-refractivity contribution in [2.45, 2.75) is 11.7 Å². The molecule has 10 heavy (non-hydrogen) atoms. The fraction of sp³-hybridized carbons (Fsp3) is 0.333. The molecular formula is C6H9N3S. The van der Waals surface area contributed by atoms with E-state index in [1.54, 1.807) is 10.8 Å². The Hall–Kier alpha value is -0.900. The van der Waals surface area contributed by atoms with Crippen molar-refractivity contribution in [1.82, 2.24) is 9.67 Å². The Morgan fingerprint density at radius 3 is 3.10 bits per heavy atom. The van der Waals surface area contributed by atoms with Crippen molar-refractivity contribution >= 4 is 12.6 Å². The van der Waals surface area contributed by atoms with Crippen LogP contribution in [0.2, 0.25) is 0 Å². The van der Waals surface area contributed by atoms with Gasteiger partial charge in [0, 0.05) is 0 Å². The van der Waals surface area contributed by atoms with Crippen LogP contribution in [0.25, 0.3) is 0 Å². The molecule has 0 saturated heterocycles. The third-order valence-corrected chi connectivity index (χ3v) is 1.44. The summed E-state index contributed by atoms with van der Waals surface area (Å²) in [6.07, 6.45) is 3.63. The molecule has 4 heteroatoms. The minimum absolute atomic E-state index is 0.599. The molecule has 0 saturated carbocycles. The van der Waals surface area contributed by atoms with Crippen LogP contribution in [0.1, 0.15) is 0 Å². The number of aromatic nitrogens is 3. The van der Waals surface area contributed by atoms with E-state index in [2.05, 4.69) is 11.7 Å². The fourth-order valence-corrected chi connectivity index (χ4v) is 0.984. The maximum atomic E-state index is 4.92. The zero-order valence-electron chi connectivity index (χ0n) is 5.82. The maximum Gasteiger partial charge on any atom is 0.264 e. The quantitative estimate of drug-likeness (QED) is 0.335. The number of rotatable bonds is 2. The molecule has 0 spiro atoms. The standard InChI is InChI=1S/C6H9N3S/c1-3-4-9-5-8(2)7-6(9)10/h3,5H,1,4H2,2H3. The third kappa shape index (κ3) is 1.33. The summed E-state index contributed by atoms with van der Waals surface area (Å²) in [5.74, 6) is 0. The second-order valence-electron chi connectivity index (χ2n) is 2.01. The Morgan fingerprint density at radius 2 is 2.70 bits per heavy atom. The molecule has 0 radical (unpaired) electrons. The van der Waals surface area contributed by atoms with Crippen LogP contribution >= 0.6 is 0 Å². The van der Waals surface area contributed by atoms with Crippen LogP contribution in [0.15, 0.2) is 24.1 Å². The van der Waals surface area contributed by atoms with Crippen molar-refractivity contribution < 1.29 is 4.68 Å². The lowest BCUT2D eigenvalue weighted by atomic mass is 10.6. The van der Waals surface area contributed by atoms with Gasteiger partial charge in [-0.15, -0.1) is 4.68 Å². The number of hydrogen-bond acceptors (Lipinski definition) is 2. The molecular weight excluding hydrogens is 146 g/mol. The van der Waals surface area contributed by atoms with E-state index in [-0.39, 0.29) is 0 Å². The van der Waals surface area contributed by atoms with E-state index in [1.807, 2.05) is 17.9 Å². The number of hydrogen-bond donors (Lipinski definition) is 0. The van der Waals surface area contributed by atoms with Gasteiger partial charge in [0.1, 0.15) is 18.7 Å². The molecule has 54 valence electrons. The van der Waals surface area contributed by atoms with Gasteiger partial charge >= 0.3 is 0 Å². The van der Waals surface area contributed by atoms with Crippen LogP contribution < -0.4 is 4.68 Å². The number of nitrogens with zero attached hydrogens (tertiary/aromatic N) is 3. The summed E-state index contributed by atoms with van der Waals surface area (Å²) in [6, 6.07) is 0. The zero-order valence-corrected chi connectivity index (χ0v) is 6.64. The van der Waals surface area contributed by atoms with Gasteiger partial charge in [-0.3, -0.25) is 0 Å². The Bertz CT molecular complexity index is 241. The van der Waals surface area contributed by atoms with Gasteiger partial charge in [-0.1, -0.05) is 17.8 Å². The van der Waals surface area contributed by atoms with Gasteiger partial charge < -0.3 is 12.6 Å². The van der Waals surface area contributed by atoms with Gasteiger partial charge in [-0.05, 0) is 0 Å². The summed E-state index contributed by atoms with van der Waals surface area (Å²) in [7, 11) is 1.84.